The molecule has 2 aromatic carbocycles. The van der Waals surface area contributed by atoms with Crippen LogP contribution in [0.2, 0.25) is 0 Å². The second-order valence-electron chi connectivity index (χ2n) is 6.74. The minimum absolute atomic E-state index is 0. The molecular weight excluding hydrogens is 356 g/mol. The van der Waals surface area contributed by atoms with Gasteiger partial charge in [0.1, 0.15) is 5.75 Å². The predicted octanol–water partition coefficient (Wildman–Crippen LogP) is 8.12. The van der Waals surface area contributed by atoms with Crippen molar-refractivity contribution < 1.29 is 23.7 Å². The minimum atomic E-state index is -1.75. The number of aryl methyl sites for hydroxylation is 1. The first-order valence-electron chi connectivity index (χ1n) is 8.80. The SMILES string of the molecule is C.Cc1ccc(Oc2ccc(C3CCC(C)CC3)cc2)c(F)c1F.FCF.[HH]. The summed E-state index contributed by atoms with van der Waals surface area (Å²) in [5.74, 6) is 0.0975. The van der Waals surface area contributed by atoms with Gasteiger partial charge in [-0.2, -0.15) is 4.39 Å². The Morgan fingerprint density at radius 3 is 2.04 bits per heavy atom. The van der Waals surface area contributed by atoms with E-state index < -0.39 is 18.6 Å². The van der Waals surface area contributed by atoms with Crippen LogP contribution >= 0.6 is 0 Å². The Morgan fingerprint density at radius 2 is 1.48 bits per heavy atom. The molecule has 1 saturated carbocycles. The van der Waals surface area contributed by atoms with Gasteiger partial charge < -0.3 is 4.74 Å². The van der Waals surface area contributed by atoms with E-state index in [0.717, 1.165) is 5.92 Å². The Bertz CT molecular complexity index is 698. The van der Waals surface area contributed by atoms with Gasteiger partial charge in [0.2, 0.25) is 12.7 Å². The van der Waals surface area contributed by atoms with E-state index in [4.69, 9.17) is 4.74 Å². The lowest BCUT2D eigenvalue weighted by Gasteiger charge is -2.26. The van der Waals surface area contributed by atoms with Crippen LogP contribution < -0.4 is 4.74 Å². The summed E-state index contributed by atoms with van der Waals surface area (Å²) < 4.78 is 52.2. The molecule has 0 unspecified atom stereocenters. The molecule has 1 aliphatic carbocycles. The Kier molecular flexibility index (Phi) is 9.33. The molecular formula is C22H30F4O. The van der Waals surface area contributed by atoms with Gasteiger partial charge in [0.25, 0.3) is 0 Å². The number of halogens is 4. The van der Waals surface area contributed by atoms with Crippen LogP contribution in [-0.4, -0.2) is 6.93 Å². The molecule has 0 heterocycles. The average molecular weight is 386 g/mol. The molecule has 1 aliphatic rings. The van der Waals surface area contributed by atoms with Gasteiger partial charge in [0.05, 0.1) is 0 Å². The fourth-order valence-corrected chi connectivity index (χ4v) is 3.24. The van der Waals surface area contributed by atoms with E-state index in [1.54, 1.807) is 0 Å². The maximum absolute atomic E-state index is 13.9. The Balaban J connectivity index is 0.00000137. The zero-order valence-corrected chi connectivity index (χ0v) is 15.1. The number of hydrogen-bond donors (Lipinski definition) is 0. The lowest BCUT2D eigenvalue weighted by atomic mass is 9.79. The molecule has 3 rings (SSSR count). The van der Waals surface area contributed by atoms with Gasteiger partial charge >= 0.3 is 0 Å². The van der Waals surface area contributed by atoms with Crippen molar-refractivity contribution in [1.29, 1.82) is 0 Å². The molecule has 1 nitrogen and oxygen atoms in total. The van der Waals surface area contributed by atoms with E-state index in [-0.39, 0.29) is 20.2 Å². The van der Waals surface area contributed by atoms with Crippen LogP contribution in [0.4, 0.5) is 17.6 Å². The van der Waals surface area contributed by atoms with Gasteiger partial charge in [-0.05, 0) is 60.9 Å². The summed E-state index contributed by atoms with van der Waals surface area (Å²) in [7, 11) is 0. The monoisotopic (exact) mass is 386 g/mol. The maximum Gasteiger partial charge on any atom is 0.229 e. The number of hydrogen-bond acceptors (Lipinski definition) is 1. The van der Waals surface area contributed by atoms with Crippen molar-refractivity contribution in [3.63, 3.8) is 0 Å². The fraction of sp³-hybridized carbons (Fsp3) is 0.455. The molecule has 0 amide bonds. The van der Waals surface area contributed by atoms with Crippen LogP contribution in [0.25, 0.3) is 0 Å². The molecule has 0 spiro atoms. The van der Waals surface area contributed by atoms with Crippen molar-refractivity contribution in [2.75, 3.05) is 6.93 Å². The molecule has 0 bridgehead atoms. The van der Waals surface area contributed by atoms with Crippen molar-refractivity contribution in [3.8, 4) is 11.5 Å². The maximum atomic E-state index is 13.9. The van der Waals surface area contributed by atoms with Crippen LogP contribution in [0.5, 0.6) is 11.5 Å². The number of alkyl halides is 2. The summed E-state index contributed by atoms with van der Waals surface area (Å²) >= 11 is 0. The third kappa shape index (κ3) is 6.26. The lowest BCUT2D eigenvalue weighted by Crippen LogP contribution is -2.10. The third-order valence-electron chi connectivity index (χ3n) is 4.84. The van der Waals surface area contributed by atoms with Crippen LogP contribution in [0, 0.1) is 24.5 Å². The molecule has 2 aromatic rings. The Hall–Kier alpha value is -2.04. The highest BCUT2D eigenvalue weighted by Crippen LogP contribution is 2.36. The summed E-state index contributed by atoms with van der Waals surface area (Å²) in [5, 5.41) is 0. The highest BCUT2D eigenvalue weighted by molar-refractivity contribution is 5.37. The molecule has 5 heteroatoms. The van der Waals surface area contributed by atoms with Crippen LogP contribution in [0.3, 0.4) is 0 Å². The van der Waals surface area contributed by atoms with Gasteiger partial charge in [0.15, 0.2) is 11.6 Å². The van der Waals surface area contributed by atoms with Crippen molar-refractivity contribution in [2.24, 2.45) is 5.92 Å². The molecule has 152 valence electrons. The zero-order valence-electron chi connectivity index (χ0n) is 15.1. The quantitative estimate of drug-likeness (QED) is 0.484. The van der Waals surface area contributed by atoms with Gasteiger partial charge in [-0.25, -0.2) is 13.2 Å². The molecule has 27 heavy (non-hydrogen) atoms. The van der Waals surface area contributed by atoms with E-state index >= 15 is 0 Å². The number of rotatable bonds is 3. The largest absolute Gasteiger partial charge is 0.454 e. The van der Waals surface area contributed by atoms with Crippen molar-refractivity contribution in [1.82, 2.24) is 0 Å². The zero-order chi connectivity index (χ0) is 19.1. The second kappa shape index (κ2) is 11.0. The summed E-state index contributed by atoms with van der Waals surface area (Å²) in [6, 6.07) is 10.7. The molecule has 0 saturated heterocycles. The smallest absolute Gasteiger partial charge is 0.229 e. The van der Waals surface area contributed by atoms with E-state index in [0.29, 0.717) is 11.7 Å². The highest BCUT2D eigenvalue weighted by Gasteiger charge is 2.19. The predicted molar refractivity (Wildman–Crippen MR) is 104 cm³/mol. The van der Waals surface area contributed by atoms with Crippen molar-refractivity contribution in [2.45, 2.75) is 52.9 Å². The standard InChI is InChI=1S/C20H22F2O.CH2F2.CH4.H2/c1-13-3-6-15(7-4-13)16-8-10-17(11-9-16)23-18-12-5-14(2)19(21)20(18)22;2-1-3;;/h5,8-13,15H,3-4,6-7H2,1-2H3;1H2;1H4;1H. The number of ether oxygens (including phenoxy) is 1. The van der Waals surface area contributed by atoms with Gasteiger partial charge in [-0.1, -0.05) is 45.4 Å². The fourth-order valence-electron chi connectivity index (χ4n) is 3.24. The molecule has 1 fully saturated rings. The topological polar surface area (TPSA) is 9.23 Å². The van der Waals surface area contributed by atoms with Gasteiger partial charge in [-0.3, -0.25) is 0 Å². The third-order valence-corrected chi connectivity index (χ3v) is 4.84. The van der Waals surface area contributed by atoms with Gasteiger partial charge in [0, 0.05) is 1.43 Å². The normalized spacial score (nSPS) is 18.7. The summed E-state index contributed by atoms with van der Waals surface area (Å²) in [6.45, 7) is 2.09. The number of benzene rings is 2. The highest BCUT2D eigenvalue weighted by atomic mass is 19.3. The first-order valence-corrected chi connectivity index (χ1v) is 8.80. The van der Waals surface area contributed by atoms with E-state index in [9.17, 15) is 17.6 Å². The molecule has 0 radical (unpaired) electrons. The second-order valence-corrected chi connectivity index (χ2v) is 6.74. The van der Waals surface area contributed by atoms with Crippen LogP contribution in [0.15, 0.2) is 36.4 Å². The molecule has 0 N–H and O–H groups in total. The Labute approximate surface area is 160 Å². The lowest BCUT2D eigenvalue weighted by molar-refractivity contribution is 0.295. The van der Waals surface area contributed by atoms with E-state index in [2.05, 4.69) is 6.92 Å². The molecule has 0 aromatic heterocycles. The van der Waals surface area contributed by atoms with Crippen LogP contribution in [0.1, 0.15) is 58.5 Å². The summed E-state index contributed by atoms with van der Waals surface area (Å²) in [5.41, 5.74) is 1.58. The molecule has 0 aliphatic heterocycles. The molecule has 0 atom stereocenters. The van der Waals surface area contributed by atoms with E-state index in [1.807, 2.05) is 24.3 Å². The van der Waals surface area contributed by atoms with Gasteiger partial charge in [-0.15, -0.1) is 0 Å². The van der Waals surface area contributed by atoms with E-state index in [1.165, 1.54) is 50.3 Å². The first kappa shape index (κ1) is 23.0. The first-order chi connectivity index (χ1) is 12.5. The van der Waals surface area contributed by atoms with Crippen molar-refractivity contribution in [3.05, 3.63) is 59.2 Å². The van der Waals surface area contributed by atoms with Crippen LogP contribution in [-0.2, 0) is 0 Å². The summed E-state index contributed by atoms with van der Waals surface area (Å²) in [4.78, 5) is 0. The Morgan fingerprint density at radius 1 is 0.926 bits per heavy atom. The summed E-state index contributed by atoms with van der Waals surface area (Å²) in [6.07, 6.45) is 4.99. The minimum Gasteiger partial charge on any atom is -0.454 e. The van der Waals surface area contributed by atoms with Crippen molar-refractivity contribution >= 4 is 0 Å². The average Bonchev–Trinajstić information content (AvgIpc) is 2.64.